The maximum atomic E-state index is 13.2. The van der Waals surface area contributed by atoms with Crippen LogP contribution in [0, 0.1) is 18.3 Å². The number of ether oxygens (including phenoxy) is 1. The summed E-state index contributed by atoms with van der Waals surface area (Å²) in [5.74, 6) is 7.55. The number of hydrogen-bond donors (Lipinski definition) is 2. The summed E-state index contributed by atoms with van der Waals surface area (Å²) in [5.41, 5.74) is 2.57. The quantitative estimate of drug-likeness (QED) is 0.452. The number of piperidine rings is 1. The fourth-order valence-corrected chi connectivity index (χ4v) is 6.02. The number of aromatic nitrogens is 1. The molecule has 11 heteroatoms. The number of quaternary nitrogens is 1. The molecule has 1 unspecified atom stereocenters. The molecule has 6 rings (SSSR count). The number of nitrogens with two attached hydrogens (primary N) is 1. The van der Waals surface area contributed by atoms with Gasteiger partial charge >= 0.3 is 0 Å². The van der Waals surface area contributed by atoms with Crippen molar-refractivity contribution in [1.29, 1.82) is 0 Å². The van der Waals surface area contributed by atoms with Crippen LogP contribution in [0.25, 0.3) is 0 Å². The lowest BCUT2D eigenvalue weighted by molar-refractivity contribution is -0.750. The number of nitrogens with one attached hydrogen (secondary N) is 1. The van der Waals surface area contributed by atoms with Gasteiger partial charge in [0.2, 0.25) is 11.6 Å². The van der Waals surface area contributed by atoms with Crippen LogP contribution in [0.5, 0.6) is 0 Å². The lowest BCUT2D eigenvalue weighted by Crippen LogP contribution is -2.55. The third-order valence-corrected chi connectivity index (χ3v) is 8.35. The minimum Gasteiger partial charge on any atom is -0.379 e. The van der Waals surface area contributed by atoms with Crippen LogP contribution in [-0.4, -0.2) is 64.6 Å². The minimum atomic E-state index is -0.432. The number of aryl methyl sites for hydroxylation is 1. The summed E-state index contributed by atoms with van der Waals surface area (Å²) in [7, 11) is 0. The molecule has 3 N–H and O–H groups in total. The molecule has 0 bridgehead atoms. The third-order valence-electron chi connectivity index (χ3n) is 7.52. The Kier molecular flexibility index (Phi) is 6.10. The van der Waals surface area contributed by atoms with E-state index >= 15 is 0 Å². The summed E-state index contributed by atoms with van der Waals surface area (Å²) in [6, 6.07) is 7.26. The molecule has 2 atom stereocenters. The Balaban J connectivity index is 1.25. The maximum absolute atomic E-state index is 13.2. The molecule has 2 fully saturated rings. The van der Waals surface area contributed by atoms with Crippen LogP contribution in [0.15, 0.2) is 64.2 Å². The van der Waals surface area contributed by atoms with Crippen LogP contribution in [-0.2, 0) is 9.53 Å². The van der Waals surface area contributed by atoms with Gasteiger partial charge in [-0.3, -0.25) is 19.9 Å². The van der Waals surface area contributed by atoms with E-state index in [1.165, 1.54) is 11.3 Å². The summed E-state index contributed by atoms with van der Waals surface area (Å²) in [6.07, 6.45) is 8.80. The molecule has 5 heterocycles. The largest absolute Gasteiger partial charge is 0.379 e. The number of benzene rings is 1. The molecular formula is C27H30N7O3S+. The SMILES string of the molecule is Cc1cnc(NC(=O)c2ccc(C3=NC([C@@H]4CCCN(C(=O)C5(C)COC5)C4)=C4C=NC=C[N+]34N)cc2)s1. The zero-order valence-electron chi connectivity index (χ0n) is 21.4. The summed E-state index contributed by atoms with van der Waals surface area (Å²) >= 11 is 1.43. The number of aliphatic imine (C=N–C) groups is 2. The van der Waals surface area contributed by atoms with E-state index in [4.69, 9.17) is 15.6 Å². The van der Waals surface area contributed by atoms with Gasteiger partial charge in [-0.25, -0.2) is 4.98 Å². The van der Waals surface area contributed by atoms with Gasteiger partial charge in [-0.15, -0.1) is 15.9 Å². The number of anilines is 1. The Morgan fingerprint density at radius 3 is 2.74 bits per heavy atom. The van der Waals surface area contributed by atoms with E-state index in [-0.39, 0.29) is 22.3 Å². The van der Waals surface area contributed by atoms with Crippen molar-refractivity contribution in [3.05, 3.63) is 70.3 Å². The van der Waals surface area contributed by atoms with Gasteiger partial charge in [0.1, 0.15) is 11.9 Å². The standard InChI is InChI=1S/C27H29N7O3S/c1-17-12-30-26(38-17)32-24(35)19-7-5-18(6-8-19)23-31-22(21-13-29-9-11-34(21,23)28)20-4-3-10-33(14-20)25(36)27(2)15-37-16-27/h5-9,11-13,20H,3-4,10,14-16,28H2,1-2H3/p+1/t20-,34?/m1/s1. The number of likely N-dealkylation sites (tertiary alicyclic amines) is 1. The molecule has 0 saturated carbocycles. The molecule has 1 aromatic carbocycles. The Morgan fingerprint density at radius 2 is 2.05 bits per heavy atom. The van der Waals surface area contributed by atoms with Crippen molar-refractivity contribution in [3.8, 4) is 0 Å². The van der Waals surface area contributed by atoms with E-state index in [0.717, 1.165) is 41.2 Å². The summed E-state index contributed by atoms with van der Waals surface area (Å²) in [5, 5.41) is 3.40. The van der Waals surface area contributed by atoms with Gasteiger partial charge in [0.15, 0.2) is 5.13 Å². The zero-order chi connectivity index (χ0) is 26.5. The normalized spacial score (nSPS) is 25.6. The molecule has 4 aliphatic rings. The van der Waals surface area contributed by atoms with E-state index in [2.05, 4.69) is 15.3 Å². The van der Waals surface area contributed by atoms with Crippen molar-refractivity contribution in [2.45, 2.75) is 26.7 Å². The Morgan fingerprint density at radius 1 is 1.26 bits per heavy atom. The molecular weight excluding hydrogens is 502 g/mol. The van der Waals surface area contributed by atoms with Gasteiger partial charge in [0.05, 0.1) is 36.6 Å². The highest BCUT2D eigenvalue weighted by Crippen LogP contribution is 2.39. The number of allylic oxidation sites excluding steroid dienone is 1. The first-order valence-electron chi connectivity index (χ1n) is 12.7. The van der Waals surface area contributed by atoms with Crippen molar-refractivity contribution >= 4 is 40.3 Å². The number of hydrogen-bond acceptors (Lipinski definition) is 8. The monoisotopic (exact) mass is 532 g/mol. The smallest absolute Gasteiger partial charge is 0.264 e. The highest BCUT2D eigenvalue weighted by atomic mass is 32.1. The highest BCUT2D eigenvalue weighted by molar-refractivity contribution is 7.15. The first kappa shape index (κ1) is 24.8. The van der Waals surface area contributed by atoms with Crippen molar-refractivity contribution in [3.63, 3.8) is 0 Å². The second kappa shape index (κ2) is 9.35. The number of nitrogens with zero attached hydrogens (tertiary/aromatic N) is 5. The van der Waals surface area contributed by atoms with E-state index in [9.17, 15) is 9.59 Å². The molecule has 2 amide bonds. The Hall–Kier alpha value is -3.51. The van der Waals surface area contributed by atoms with Crippen molar-refractivity contribution in [2.75, 3.05) is 31.6 Å². The number of carbonyl (C=O) groups excluding carboxylic acids is 2. The average Bonchev–Trinajstić information content (AvgIpc) is 3.46. The number of amides is 2. The topological polar surface area (TPSA) is 122 Å². The van der Waals surface area contributed by atoms with E-state index < -0.39 is 5.41 Å². The fourth-order valence-electron chi connectivity index (χ4n) is 5.36. The van der Waals surface area contributed by atoms with E-state index in [1.807, 2.05) is 37.1 Å². The van der Waals surface area contributed by atoms with Crippen LogP contribution in [0.3, 0.4) is 0 Å². The number of amidine groups is 1. The molecule has 1 aromatic heterocycles. The number of carbonyl (C=O) groups is 2. The van der Waals surface area contributed by atoms with Gasteiger partial charge < -0.3 is 9.64 Å². The van der Waals surface area contributed by atoms with Crippen molar-refractivity contribution in [1.82, 2.24) is 9.88 Å². The summed E-state index contributed by atoms with van der Waals surface area (Å²) in [6.45, 7) is 6.20. The molecule has 0 radical (unpaired) electrons. The molecule has 10 nitrogen and oxygen atoms in total. The lowest BCUT2D eigenvalue weighted by atomic mass is 9.85. The summed E-state index contributed by atoms with van der Waals surface area (Å²) < 4.78 is 5.23. The van der Waals surface area contributed by atoms with Gasteiger partial charge in [-0.05, 0) is 51.0 Å². The van der Waals surface area contributed by atoms with Gasteiger partial charge in [-0.2, -0.15) is 10.8 Å². The Bertz CT molecular complexity index is 1420. The van der Waals surface area contributed by atoms with E-state index in [1.54, 1.807) is 30.7 Å². The second-order valence-electron chi connectivity index (χ2n) is 10.5. The Labute approximate surface area is 224 Å². The van der Waals surface area contributed by atoms with Crippen LogP contribution in [0.1, 0.15) is 40.6 Å². The number of fused-ring (bicyclic) bond motifs is 1. The van der Waals surface area contributed by atoms with Crippen LogP contribution < -0.4 is 11.2 Å². The van der Waals surface area contributed by atoms with Crippen molar-refractivity contribution < 1.29 is 18.9 Å². The van der Waals surface area contributed by atoms with Gasteiger partial charge in [-0.1, -0.05) is 0 Å². The summed E-state index contributed by atoms with van der Waals surface area (Å²) in [4.78, 5) is 42.5. The van der Waals surface area contributed by atoms with E-state index in [0.29, 0.717) is 36.3 Å². The second-order valence-corrected chi connectivity index (χ2v) is 11.7. The van der Waals surface area contributed by atoms with Crippen molar-refractivity contribution in [2.24, 2.45) is 27.2 Å². The molecule has 0 spiro atoms. The van der Waals surface area contributed by atoms with Crippen LogP contribution >= 0.6 is 11.3 Å². The van der Waals surface area contributed by atoms with Gasteiger partial charge in [0, 0.05) is 35.6 Å². The molecule has 38 heavy (non-hydrogen) atoms. The van der Waals surface area contributed by atoms with Crippen LogP contribution in [0.2, 0.25) is 0 Å². The fraction of sp³-hybridized carbons (Fsp3) is 0.370. The lowest BCUT2D eigenvalue weighted by Gasteiger charge is -2.42. The van der Waals surface area contributed by atoms with Gasteiger partial charge in [0.25, 0.3) is 11.7 Å². The van der Waals surface area contributed by atoms with Crippen LogP contribution in [0.4, 0.5) is 5.13 Å². The highest BCUT2D eigenvalue weighted by Gasteiger charge is 2.48. The molecule has 2 saturated heterocycles. The molecule has 0 aliphatic carbocycles. The molecule has 196 valence electrons. The predicted molar refractivity (Wildman–Crippen MR) is 145 cm³/mol. The zero-order valence-corrected chi connectivity index (χ0v) is 22.2. The predicted octanol–water partition coefficient (Wildman–Crippen LogP) is 3.20. The number of thiazole rings is 1. The number of rotatable bonds is 5. The molecule has 2 aromatic rings. The average molecular weight is 533 g/mol. The third kappa shape index (κ3) is 4.21. The maximum Gasteiger partial charge on any atom is 0.264 e. The molecule has 4 aliphatic heterocycles. The minimum absolute atomic E-state index is 0.0515. The first-order chi connectivity index (χ1) is 18.3. The first-order valence-corrected chi connectivity index (χ1v) is 13.5.